The molecule has 21 heavy (non-hydrogen) atoms. The van der Waals surface area contributed by atoms with Crippen molar-refractivity contribution in [3.63, 3.8) is 0 Å². The highest BCUT2D eigenvalue weighted by Crippen LogP contribution is 2.35. The number of hydrogen-bond donors (Lipinski definition) is 1. The fourth-order valence-corrected chi connectivity index (χ4v) is 2.96. The lowest BCUT2D eigenvalue weighted by atomic mass is 10.2. The van der Waals surface area contributed by atoms with Crippen LogP contribution in [0.25, 0.3) is 0 Å². The van der Waals surface area contributed by atoms with Gasteiger partial charge >= 0.3 is 0 Å². The van der Waals surface area contributed by atoms with Crippen LogP contribution in [0.5, 0.6) is 0 Å². The maximum Gasteiger partial charge on any atom is 0.229 e. The fraction of sp³-hybridized carbons (Fsp3) is 0.400. The molecular formula is C15H21N5S. The van der Waals surface area contributed by atoms with Crippen molar-refractivity contribution in [3.05, 3.63) is 35.2 Å². The molecule has 112 valence electrons. The van der Waals surface area contributed by atoms with Crippen LogP contribution in [0.4, 0.5) is 11.9 Å². The summed E-state index contributed by atoms with van der Waals surface area (Å²) >= 11 is 1.74. The van der Waals surface area contributed by atoms with E-state index in [1.54, 1.807) is 11.8 Å². The van der Waals surface area contributed by atoms with Gasteiger partial charge in [-0.05, 0) is 32.4 Å². The Hall–Kier alpha value is -1.82. The predicted octanol–water partition coefficient (Wildman–Crippen LogP) is 2.99. The van der Waals surface area contributed by atoms with Gasteiger partial charge in [0.1, 0.15) is 5.82 Å². The van der Waals surface area contributed by atoms with E-state index in [1.165, 1.54) is 16.0 Å². The summed E-state index contributed by atoms with van der Waals surface area (Å²) < 4.78 is 0. The van der Waals surface area contributed by atoms with Crippen molar-refractivity contribution in [2.45, 2.75) is 30.9 Å². The second-order valence-corrected chi connectivity index (χ2v) is 6.66. The van der Waals surface area contributed by atoms with Crippen LogP contribution in [-0.4, -0.2) is 29.0 Å². The van der Waals surface area contributed by atoms with Gasteiger partial charge in [-0.2, -0.15) is 15.0 Å². The van der Waals surface area contributed by atoms with Crippen LogP contribution in [0.1, 0.15) is 29.1 Å². The third-order valence-corrected chi connectivity index (χ3v) is 4.33. The van der Waals surface area contributed by atoms with Crippen LogP contribution in [0.3, 0.4) is 0 Å². The lowest BCUT2D eigenvalue weighted by Gasteiger charge is -2.15. The Bertz CT molecular complexity index is 642. The van der Waals surface area contributed by atoms with E-state index in [9.17, 15) is 0 Å². The quantitative estimate of drug-likeness (QED) is 0.876. The number of nitrogens with zero attached hydrogens (tertiary/aromatic N) is 4. The van der Waals surface area contributed by atoms with Gasteiger partial charge in [-0.1, -0.05) is 17.7 Å². The summed E-state index contributed by atoms with van der Waals surface area (Å²) in [5.74, 6) is 1.56. The van der Waals surface area contributed by atoms with Crippen LogP contribution in [0.15, 0.2) is 23.1 Å². The first-order valence-electron chi connectivity index (χ1n) is 6.79. The van der Waals surface area contributed by atoms with Gasteiger partial charge in [0.25, 0.3) is 0 Å². The largest absolute Gasteiger partial charge is 0.368 e. The number of thioether (sulfide) groups is 1. The normalized spacial score (nSPS) is 12.2. The van der Waals surface area contributed by atoms with Gasteiger partial charge in [0.05, 0.1) is 5.25 Å². The Morgan fingerprint density at radius 3 is 2.52 bits per heavy atom. The maximum absolute atomic E-state index is 5.78. The standard InChI is InChI=1S/C15H21N5S/c1-9-6-7-10(2)12(8-9)21-11(3)13-17-14(16)19-15(18-13)20(4)5/h6-8,11H,1-5H3,(H2,16,17,18,19). The smallest absolute Gasteiger partial charge is 0.229 e. The van der Waals surface area contributed by atoms with Crippen LogP contribution < -0.4 is 10.6 Å². The first-order valence-corrected chi connectivity index (χ1v) is 7.67. The van der Waals surface area contributed by atoms with Crippen molar-refractivity contribution in [3.8, 4) is 0 Å². The van der Waals surface area contributed by atoms with E-state index in [-0.39, 0.29) is 11.2 Å². The molecule has 2 N–H and O–H groups in total. The second kappa shape index (κ2) is 6.30. The number of benzene rings is 1. The van der Waals surface area contributed by atoms with Crippen LogP contribution in [0, 0.1) is 13.8 Å². The number of aryl methyl sites for hydroxylation is 2. The molecule has 0 spiro atoms. The number of aromatic nitrogens is 3. The first-order chi connectivity index (χ1) is 9.86. The van der Waals surface area contributed by atoms with E-state index in [1.807, 2.05) is 19.0 Å². The molecule has 0 aliphatic carbocycles. The van der Waals surface area contributed by atoms with Crippen molar-refractivity contribution < 1.29 is 0 Å². The Kier molecular flexibility index (Phi) is 4.67. The second-order valence-electron chi connectivity index (χ2n) is 5.28. The Morgan fingerprint density at radius 1 is 1.14 bits per heavy atom. The van der Waals surface area contributed by atoms with Crippen LogP contribution in [0.2, 0.25) is 0 Å². The summed E-state index contributed by atoms with van der Waals surface area (Å²) in [6.07, 6.45) is 0. The van der Waals surface area contributed by atoms with Crippen molar-refractivity contribution >= 4 is 23.7 Å². The van der Waals surface area contributed by atoms with Gasteiger partial charge in [0, 0.05) is 19.0 Å². The fourth-order valence-electron chi connectivity index (χ4n) is 1.86. The van der Waals surface area contributed by atoms with E-state index in [0.29, 0.717) is 11.8 Å². The minimum absolute atomic E-state index is 0.106. The molecule has 1 aromatic carbocycles. The first kappa shape index (κ1) is 15.6. The van der Waals surface area contributed by atoms with Crippen molar-refractivity contribution in [1.82, 2.24) is 15.0 Å². The Morgan fingerprint density at radius 2 is 1.86 bits per heavy atom. The molecule has 0 fully saturated rings. The molecule has 0 saturated heterocycles. The van der Waals surface area contributed by atoms with E-state index in [4.69, 9.17) is 5.73 Å². The molecule has 0 bridgehead atoms. The molecule has 0 radical (unpaired) electrons. The Balaban J connectivity index is 2.28. The van der Waals surface area contributed by atoms with Crippen LogP contribution in [-0.2, 0) is 0 Å². The highest BCUT2D eigenvalue weighted by atomic mass is 32.2. The zero-order valence-electron chi connectivity index (χ0n) is 13.1. The lowest BCUT2D eigenvalue weighted by Crippen LogP contribution is -2.16. The number of anilines is 2. The molecule has 1 atom stereocenters. The molecule has 6 heteroatoms. The van der Waals surface area contributed by atoms with E-state index >= 15 is 0 Å². The Labute approximate surface area is 130 Å². The molecule has 2 rings (SSSR count). The molecule has 1 heterocycles. The van der Waals surface area contributed by atoms with Gasteiger partial charge in [-0.3, -0.25) is 0 Å². The molecule has 1 aromatic heterocycles. The third kappa shape index (κ3) is 3.85. The van der Waals surface area contributed by atoms with Gasteiger partial charge in [0.15, 0.2) is 0 Å². The van der Waals surface area contributed by atoms with Crippen molar-refractivity contribution in [1.29, 1.82) is 0 Å². The molecular weight excluding hydrogens is 282 g/mol. The van der Waals surface area contributed by atoms with E-state index < -0.39 is 0 Å². The lowest BCUT2D eigenvalue weighted by molar-refractivity contribution is 0.864. The molecule has 0 aliphatic heterocycles. The third-order valence-electron chi connectivity index (χ3n) is 3.07. The molecule has 5 nitrogen and oxygen atoms in total. The summed E-state index contributed by atoms with van der Waals surface area (Å²) in [5, 5.41) is 0.106. The molecule has 1 unspecified atom stereocenters. The summed E-state index contributed by atoms with van der Waals surface area (Å²) in [6.45, 7) is 6.29. The number of hydrogen-bond acceptors (Lipinski definition) is 6. The highest BCUT2D eigenvalue weighted by Gasteiger charge is 2.15. The summed E-state index contributed by atoms with van der Waals surface area (Å²) in [6, 6.07) is 6.44. The van der Waals surface area contributed by atoms with E-state index in [2.05, 4.69) is 53.9 Å². The summed E-state index contributed by atoms with van der Waals surface area (Å²) in [5.41, 5.74) is 8.29. The topological polar surface area (TPSA) is 67.9 Å². The van der Waals surface area contributed by atoms with Gasteiger partial charge in [-0.15, -0.1) is 11.8 Å². The zero-order chi connectivity index (χ0) is 15.6. The molecule has 0 amide bonds. The van der Waals surface area contributed by atoms with Gasteiger partial charge < -0.3 is 10.6 Å². The summed E-state index contributed by atoms with van der Waals surface area (Å²) in [7, 11) is 3.78. The predicted molar refractivity (Wildman–Crippen MR) is 88.8 cm³/mol. The van der Waals surface area contributed by atoms with Crippen molar-refractivity contribution in [2.75, 3.05) is 24.7 Å². The van der Waals surface area contributed by atoms with Gasteiger partial charge in [-0.25, -0.2) is 0 Å². The van der Waals surface area contributed by atoms with Crippen molar-refractivity contribution in [2.24, 2.45) is 0 Å². The van der Waals surface area contributed by atoms with E-state index in [0.717, 1.165) is 0 Å². The minimum atomic E-state index is 0.106. The van der Waals surface area contributed by atoms with Crippen LogP contribution >= 0.6 is 11.8 Å². The number of nitrogens with two attached hydrogens (primary N) is 1. The summed E-state index contributed by atoms with van der Waals surface area (Å²) in [4.78, 5) is 16.0. The molecule has 2 aromatic rings. The number of rotatable bonds is 4. The maximum atomic E-state index is 5.78. The molecule has 0 saturated carbocycles. The zero-order valence-corrected chi connectivity index (χ0v) is 13.9. The average Bonchev–Trinajstić information content (AvgIpc) is 2.42. The number of nitrogen functional groups attached to an aromatic ring is 1. The minimum Gasteiger partial charge on any atom is -0.368 e. The van der Waals surface area contributed by atoms with Gasteiger partial charge in [0.2, 0.25) is 11.9 Å². The monoisotopic (exact) mass is 303 g/mol. The SMILES string of the molecule is Cc1ccc(C)c(SC(C)c2nc(N)nc(N(C)C)n2)c1. The molecule has 0 aliphatic rings. The average molecular weight is 303 g/mol. The highest BCUT2D eigenvalue weighted by molar-refractivity contribution is 7.99.